The largest absolute Gasteiger partial charge is 0.457 e. The van der Waals surface area contributed by atoms with E-state index in [1.807, 2.05) is 36.4 Å². The number of hydrogen-bond acceptors (Lipinski definition) is 4. The third kappa shape index (κ3) is 3.23. The number of aryl methyl sites for hydroxylation is 2. The molecule has 1 aromatic heterocycles. The van der Waals surface area contributed by atoms with Crippen LogP contribution >= 0.6 is 0 Å². The van der Waals surface area contributed by atoms with Crippen LogP contribution in [0.15, 0.2) is 67.0 Å². The molecule has 29 heavy (non-hydrogen) atoms. The summed E-state index contributed by atoms with van der Waals surface area (Å²) in [6.45, 7) is 4.22. The molecule has 0 atom stereocenters. The van der Waals surface area contributed by atoms with Crippen LogP contribution in [0.1, 0.15) is 22.3 Å². The third-order valence-electron chi connectivity index (χ3n) is 5.40. The van der Waals surface area contributed by atoms with E-state index in [1.54, 1.807) is 6.33 Å². The molecule has 0 unspecified atom stereocenters. The number of fused-ring (bicyclic) bond motifs is 2. The van der Waals surface area contributed by atoms with Crippen LogP contribution in [0.25, 0.3) is 17.0 Å². The Morgan fingerprint density at radius 1 is 0.931 bits per heavy atom. The molecule has 4 nitrogen and oxygen atoms in total. The van der Waals surface area contributed by atoms with Crippen LogP contribution in [0.5, 0.6) is 11.5 Å². The summed E-state index contributed by atoms with van der Waals surface area (Å²) in [5.41, 5.74) is 6.79. The molecule has 0 radical (unpaired) electrons. The van der Waals surface area contributed by atoms with Gasteiger partial charge >= 0.3 is 0 Å². The minimum absolute atomic E-state index is 0.823. The molecule has 4 heteroatoms. The van der Waals surface area contributed by atoms with E-state index in [2.05, 4.69) is 59.5 Å². The third-order valence-corrected chi connectivity index (χ3v) is 5.40. The summed E-state index contributed by atoms with van der Waals surface area (Å²) in [6.07, 6.45) is 6.78. The number of para-hydroxylation sites is 1. The Morgan fingerprint density at radius 3 is 2.62 bits per heavy atom. The van der Waals surface area contributed by atoms with Gasteiger partial charge in [0.1, 0.15) is 23.6 Å². The van der Waals surface area contributed by atoms with Gasteiger partial charge in [0, 0.05) is 16.6 Å². The molecule has 1 aliphatic carbocycles. The van der Waals surface area contributed by atoms with E-state index in [1.165, 1.54) is 16.7 Å². The standard InChI is InChI=1S/C25H21N3O/c1-16-13-21-23(14-17(16)2)26-15-27-25(21)28-22-11-12-24(20-10-6-9-19(20)22)29-18-7-4-3-5-8-18/h3-8,10-15H,9H2,1-2H3,(H,26,27,28). The summed E-state index contributed by atoms with van der Waals surface area (Å²) >= 11 is 0. The molecule has 0 aliphatic heterocycles. The lowest BCUT2D eigenvalue weighted by molar-refractivity contribution is 0.481. The molecule has 1 aliphatic rings. The molecule has 142 valence electrons. The number of ether oxygens (including phenoxy) is 1. The number of benzene rings is 3. The van der Waals surface area contributed by atoms with Gasteiger partial charge in [0.05, 0.1) is 5.52 Å². The number of hydrogen-bond donors (Lipinski definition) is 1. The van der Waals surface area contributed by atoms with Crippen LogP contribution in [-0.2, 0) is 6.42 Å². The normalized spacial score (nSPS) is 12.2. The SMILES string of the molecule is Cc1cc2ncnc(Nc3ccc(Oc4ccccc4)c4c3CC=C4)c2cc1C. The molecular formula is C25H21N3O. The number of nitrogens with one attached hydrogen (secondary N) is 1. The van der Waals surface area contributed by atoms with E-state index in [0.29, 0.717) is 0 Å². The highest BCUT2D eigenvalue weighted by Gasteiger charge is 2.17. The number of aromatic nitrogens is 2. The Kier molecular flexibility index (Phi) is 4.24. The van der Waals surface area contributed by atoms with Crippen molar-refractivity contribution in [1.29, 1.82) is 0 Å². The molecule has 4 aromatic rings. The molecule has 0 spiro atoms. The monoisotopic (exact) mass is 379 g/mol. The maximum absolute atomic E-state index is 6.12. The van der Waals surface area contributed by atoms with Gasteiger partial charge in [-0.05, 0) is 73.4 Å². The molecule has 1 N–H and O–H groups in total. The zero-order valence-electron chi connectivity index (χ0n) is 16.4. The fourth-order valence-electron chi connectivity index (χ4n) is 3.71. The Morgan fingerprint density at radius 2 is 1.76 bits per heavy atom. The molecular weight excluding hydrogens is 358 g/mol. The number of rotatable bonds is 4. The van der Waals surface area contributed by atoms with Crippen LogP contribution in [0.4, 0.5) is 11.5 Å². The fourth-order valence-corrected chi connectivity index (χ4v) is 3.71. The molecule has 0 fully saturated rings. The zero-order valence-corrected chi connectivity index (χ0v) is 16.4. The van der Waals surface area contributed by atoms with Crippen molar-refractivity contribution in [3.05, 3.63) is 89.3 Å². The van der Waals surface area contributed by atoms with E-state index in [9.17, 15) is 0 Å². The highest BCUT2D eigenvalue weighted by atomic mass is 16.5. The summed E-state index contributed by atoms with van der Waals surface area (Å²) in [5.74, 6) is 2.52. The van der Waals surface area contributed by atoms with Crippen molar-refractivity contribution >= 4 is 28.5 Å². The number of anilines is 2. The zero-order chi connectivity index (χ0) is 19.8. The van der Waals surface area contributed by atoms with Gasteiger partial charge in [-0.1, -0.05) is 30.4 Å². The highest BCUT2D eigenvalue weighted by Crippen LogP contribution is 2.38. The first-order chi connectivity index (χ1) is 14.2. The van der Waals surface area contributed by atoms with E-state index in [4.69, 9.17) is 4.74 Å². The predicted molar refractivity (Wildman–Crippen MR) is 118 cm³/mol. The first kappa shape index (κ1) is 17.4. The lowest BCUT2D eigenvalue weighted by Crippen LogP contribution is -2.01. The lowest BCUT2D eigenvalue weighted by atomic mass is 10.0. The van der Waals surface area contributed by atoms with Gasteiger partial charge in [0.25, 0.3) is 0 Å². The first-order valence-corrected chi connectivity index (χ1v) is 9.73. The van der Waals surface area contributed by atoms with Crippen molar-refractivity contribution in [1.82, 2.24) is 9.97 Å². The molecule has 0 saturated heterocycles. The van der Waals surface area contributed by atoms with Crippen LogP contribution < -0.4 is 10.1 Å². The van der Waals surface area contributed by atoms with Gasteiger partial charge < -0.3 is 10.1 Å². The summed E-state index contributed by atoms with van der Waals surface area (Å²) in [7, 11) is 0. The molecule has 0 bridgehead atoms. The highest BCUT2D eigenvalue weighted by molar-refractivity contribution is 5.92. The smallest absolute Gasteiger partial charge is 0.141 e. The van der Waals surface area contributed by atoms with Crippen molar-refractivity contribution in [2.75, 3.05) is 5.32 Å². The van der Waals surface area contributed by atoms with Crippen LogP contribution in [-0.4, -0.2) is 9.97 Å². The number of nitrogens with zero attached hydrogens (tertiary/aromatic N) is 2. The average Bonchev–Trinajstić information content (AvgIpc) is 3.23. The van der Waals surface area contributed by atoms with Gasteiger partial charge in [0.2, 0.25) is 0 Å². The second kappa shape index (κ2) is 7.06. The average molecular weight is 379 g/mol. The predicted octanol–water partition coefficient (Wildman–Crippen LogP) is 6.35. The molecule has 3 aromatic carbocycles. The summed E-state index contributed by atoms with van der Waals surface area (Å²) in [5, 5.41) is 4.57. The van der Waals surface area contributed by atoms with E-state index in [-0.39, 0.29) is 0 Å². The Bertz CT molecular complexity index is 1250. The Balaban J connectivity index is 1.53. The van der Waals surface area contributed by atoms with Crippen LogP contribution in [0, 0.1) is 13.8 Å². The van der Waals surface area contributed by atoms with Crippen molar-refractivity contribution in [2.45, 2.75) is 20.3 Å². The minimum atomic E-state index is 0.823. The van der Waals surface area contributed by atoms with E-state index < -0.39 is 0 Å². The number of allylic oxidation sites excluding steroid dienone is 1. The molecule has 0 amide bonds. The summed E-state index contributed by atoms with van der Waals surface area (Å²) in [4.78, 5) is 8.95. The second-order valence-corrected chi connectivity index (χ2v) is 7.33. The summed E-state index contributed by atoms with van der Waals surface area (Å²) in [6, 6.07) is 18.2. The van der Waals surface area contributed by atoms with Crippen molar-refractivity contribution in [3.63, 3.8) is 0 Å². The molecule has 5 rings (SSSR count). The van der Waals surface area contributed by atoms with Crippen molar-refractivity contribution in [2.24, 2.45) is 0 Å². The topological polar surface area (TPSA) is 47.0 Å². The van der Waals surface area contributed by atoms with E-state index >= 15 is 0 Å². The maximum Gasteiger partial charge on any atom is 0.141 e. The maximum atomic E-state index is 6.12. The van der Waals surface area contributed by atoms with Crippen molar-refractivity contribution in [3.8, 4) is 11.5 Å². The van der Waals surface area contributed by atoms with Gasteiger partial charge in [-0.2, -0.15) is 0 Å². The van der Waals surface area contributed by atoms with Crippen LogP contribution in [0.3, 0.4) is 0 Å². The van der Waals surface area contributed by atoms with Crippen molar-refractivity contribution < 1.29 is 4.74 Å². The van der Waals surface area contributed by atoms with E-state index in [0.717, 1.165) is 45.9 Å². The molecule has 0 saturated carbocycles. The van der Waals surface area contributed by atoms with Gasteiger partial charge in [-0.15, -0.1) is 0 Å². The second-order valence-electron chi connectivity index (χ2n) is 7.33. The van der Waals surface area contributed by atoms with Gasteiger partial charge in [-0.25, -0.2) is 9.97 Å². The fraction of sp³-hybridized carbons (Fsp3) is 0.120. The first-order valence-electron chi connectivity index (χ1n) is 9.73. The Hall–Kier alpha value is -3.66. The van der Waals surface area contributed by atoms with Crippen LogP contribution in [0.2, 0.25) is 0 Å². The van der Waals surface area contributed by atoms with Gasteiger partial charge in [0.15, 0.2) is 0 Å². The quantitative estimate of drug-likeness (QED) is 0.449. The Labute approximate surface area is 169 Å². The van der Waals surface area contributed by atoms with Gasteiger partial charge in [-0.3, -0.25) is 0 Å². The lowest BCUT2D eigenvalue weighted by Gasteiger charge is -2.16. The molecule has 1 heterocycles. The summed E-state index contributed by atoms with van der Waals surface area (Å²) < 4.78 is 6.12. The minimum Gasteiger partial charge on any atom is -0.457 e.